The first-order valence-electron chi connectivity index (χ1n) is 3.76. The van der Waals surface area contributed by atoms with Crippen LogP contribution in [0.4, 0.5) is 5.13 Å². The fourth-order valence-electron chi connectivity index (χ4n) is 0.715. The summed E-state index contributed by atoms with van der Waals surface area (Å²) in [6, 6.07) is 0. The van der Waals surface area contributed by atoms with E-state index in [0.717, 1.165) is 5.01 Å². The van der Waals surface area contributed by atoms with E-state index >= 15 is 0 Å². The number of nitrogens with one attached hydrogen (secondary N) is 1. The Bertz CT molecular complexity index is 339. The molecule has 0 aliphatic carbocycles. The van der Waals surface area contributed by atoms with E-state index in [2.05, 4.69) is 21.4 Å². The minimum atomic E-state index is -0.117. The zero-order valence-electron chi connectivity index (χ0n) is 7.20. The molecule has 5 heteroatoms. The van der Waals surface area contributed by atoms with Gasteiger partial charge in [-0.25, -0.2) is 0 Å². The molecule has 1 N–H and O–H groups in total. The summed E-state index contributed by atoms with van der Waals surface area (Å²) in [5.74, 6) is 2.28. The third-order valence-corrected chi connectivity index (χ3v) is 2.02. The summed E-state index contributed by atoms with van der Waals surface area (Å²) in [7, 11) is 0. The van der Waals surface area contributed by atoms with Gasteiger partial charge in [0.15, 0.2) is 0 Å². The number of nitrogens with zero attached hydrogens (tertiary/aromatic N) is 2. The van der Waals surface area contributed by atoms with Gasteiger partial charge in [-0.15, -0.1) is 22.5 Å². The molecule has 0 saturated heterocycles. The lowest BCUT2D eigenvalue weighted by Gasteiger charge is -1.96. The van der Waals surface area contributed by atoms with E-state index in [1.54, 1.807) is 0 Å². The van der Waals surface area contributed by atoms with E-state index in [9.17, 15) is 4.79 Å². The SMILES string of the molecule is C#CCCC(=O)Nc1nnc(C)s1. The Morgan fingerprint density at radius 2 is 2.46 bits per heavy atom. The first-order valence-corrected chi connectivity index (χ1v) is 4.57. The number of terminal acetylenes is 1. The van der Waals surface area contributed by atoms with Crippen LogP contribution in [0.25, 0.3) is 0 Å². The Morgan fingerprint density at radius 1 is 1.69 bits per heavy atom. The first kappa shape index (κ1) is 9.68. The summed E-state index contributed by atoms with van der Waals surface area (Å²) in [5, 5.41) is 11.5. The highest BCUT2D eigenvalue weighted by atomic mass is 32.1. The normalized spacial score (nSPS) is 9.23. The van der Waals surface area contributed by atoms with Gasteiger partial charge in [-0.1, -0.05) is 11.3 Å². The van der Waals surface area contributed by atoms with Crippen LogP contribution in [0.1, 0.15) is 17.8 Å². The van der Waals surface area contributed by atoms with E-state index in [4.69, 9.17) is 6.42 Å². The molecule has 13 heavy (non-hydrogen) atoms. The Labute approximate surface area is 80.4 Å². The van der Waals surface area contributed by atoms with Crippen molar-refractivity contribution in [1.29, 1.82) is 0 Å². The third-order valence-electron chi connectivity index (χ3n) is 1.27. The summed E-state index contributed by atoms with van der Waals surface area (Å²) in [5.41, 5.74) is 0. The number of carbonyl (C=O) groups excluding carboxylic acids is 1. The van der Waals surface area contributed by atoms with Crippen LogP contribution in [0, 0.1) is 19.3 Å². The summed E-state index contributed by atoms with van der Waals surface area (Å²) in [4.78, 5) is 11.1. The lowest BCUT2D eigenvalue weighted by molar-refractivity contribution is -0.116. The largest absolute Gasteiger partial charge is 0.300 e. The number of hydrogen-bond donors (Lipinski definition) is 1. The minimum Gasteiger partial charge on any atom is -0.300 e. The van der Waals surface area contributed by atoms with Gasteiger partial charge >= 0.3 is 0 Å². The highest BCUT2D eigenvalue weighted by molar-refractivity contribution is 7.15. The van der Waals surface area contributed by atoms with Gasteiger partial charge < -0.3 is 5.32 Å². The molecule has 1 rings (SSSR count). The van der Waals surface area contributed by atoms with E-state index in [1.807, 2.05) is 6.92 Å². The number of carbonyl (C=O) groups is 1. The molecule has 1 aromatic heterocycles. The van der Waals surface area contributed by atoms with Crippen LogP contribution in [-0.2, 0) is 4.79 Å². The van der Waals surface area contributed by atoms with E-state index in [1.165, 1.54) is 11.3 Å². The highest BCUT2D eigenvalue weighted by Gasteiger charge is 2.04. The average molecular weight is 195 g/mol. The summed E-state index contributed by atoms with van der Waals surface area (Å²) in [6.45, 7) is 1.83. The second-order valence-electron chi connectivity index (χ2n) is 2.38. The van der Waals surface area contributed by atoms with Gasteiger partial charge in [-0.3, -0.25) is 4.79 Å². The molecular weight excluding hydrogens is 186 g/mol. The molecule has 0 fully saturated rings. The van der Waals surface area contributed by atoms with Crippen molar-refractivity contribution in [2.45, 2.75) is 19.8 Å². The van der Waals surface area contributed by atoms with E-state index < -0.39 is 0 Å². The fraction of sp³-hybridized carbons (Fsp3) is 0.375. The van der Waals surface area contributed by atoms with Crippen molar-refractivity contribution in [2.24, 2.45) is 0 Å². The average Bonchev–Trinajstić information content (AvgIpc) is 2.48. The Hall–Kier alpha value is -1.41. The van der Waals surface area contributed by atoms with Crippen molar-refractivity contribution in [3.63, 3.8) is 0 Å². The maximum Gasteiger partial charge on any atom is 0.227 e. The van der Waals surface area contributed by atoms with Gasteiger partial charge in [0.05, 0.1) is 0 Å². The molecule has 0 aliphatic rings. The molecular formula is C8H9N3OS. The number of amides is 1. The van der Waals surface area contributed by atoms with E-state index in [-0.39, 0.29) is 5.91 Å². The molecule has 1 heterocycles. The number of aryl methyl sites for hydroxylation is 1. The second-order valence-corrected chi connectivity index (χ2v) is 3.56. The first-order chi connectivity index (χ1) is 6.22. The summed E-state index contributed by atoms with van der Waals surface area (Å²) >= 11 is 1.34. The molecule has 0 aromatic carbocycles. The molecule has 4 nitrogen and oxygen atoms in total. The van der Waals surface area contributed by atoms with Crippen molar-refractivity contribution in [3.05, 3.63) is 5.01 Å². The second kappa shape index (κ2) is 4.58. The monoisotopic (exact) mass is 195 g/mol. The molecule has 0 bridgehead atoms. The topological polar surface area (TPSA) is 54.9 Å². The van der Waals surface area contributed by atoms with Crippen LogP contribution in [0.15, 0.2) is 0 Å². The molecule has 0 aliphatic heterocycles. The summed E-state index contributed by atoms with van der Waals surface area (Å²) in [6.07, 6.45) is 5.80. The molecule has 0 unspecified atom stereocenters. The van der Waals surface area contributed by atoms with Gasteiger partial charge in [0, 0.05) is 12.8 Å². The molecule has 0 saturated carbocycles. The molecule has 68 valence electrons. The fourth-order valence-corrected chi connectivity index (χ4v) is 1.32. The predicted molar refractivity (Wildman–Crippen MR) is 51.3 cm³/mol. The highest BCUT2D eigenvalue weighted by Crippen LogP contribution is 2.13. The lowest BCUT2D eigenvalue weighted by atomic mass is 10.3. The molecule has 1 amide bonds. The van der Waals surface area contributed by atoms with Crippen LogP contribution in [-0.4, -0.2) is 16.1 Å². The van der Waals surface area contributed by atoms with Crippen molar-refractivity contribution in [2.75, 3.05) is 5.32 Å². The maximum absolute atomic E-state index is 11.1. The molecule has 0 radical (unpaired) electrons. The standard InChI is InChI=1S/C8H9N3OS/c1-3-4-5-7(12)9-8-11-10-6(2)13-8/h1H,4-5H2,2H3,(H,9,11,12). The van der Waals surface area contributed by atoms with Crippen LogP contribution < -0.4 is 5.32 Å². The maximum atomic E-state index is 11.1. The van der Waals surface area contributed by atoms with Crippen LogP contribution >= 0.6 is 11.3 Å². The van der Waals surface area contributed by atoms with Crippen molar-refractivity contribution >= 4 is 22.4 Å². The summed E-state index contributed by atoms with van der Waals surface area (Å²) < 4.78 is 0. The van der Waals surface area contributed by atoms with Gasteiger partial charge in [-0.05, 0) is 6.92 Å². The van der Waals surface area contributed by atoms with Gasteiger partial charge in [0.25, 0.3) is 0 Å². The molecule has 0 atom stereocenters. The smallest absolute Gasteiger partial charge is 0.227 e. The quantitative estimate of drug-likeness (QED) is 0.737. The van der Waals surface area contributed by atoms with Gasteiger partial charge in [-0.2, -0.15) is 0 Å². The number of rotatable bonds is 3. The Balaban J connectivity index is 2.41. The third kappa shape index (κ3) is 3.22. The zero-order valence-corrected chi connectivity index (χ0v) is 8.02. The van der Waals surface area contributed by atoms with Crippen molar-refractivity contribution in [3.8, 4) is 12.3 Å². The van der Waals surface area contributed by atoms with Crippen LogP contribution in [0.3, 0.4) is 0 Å². The Morgan fingerprint density at radius 3 is 3.00 bits per heavy atom. The number of hydrogen-bond acceptors (Lipinski definition) is 4. The van der Waals surface area contributed by atoms with Gasteiger partial charge in [0.1, 0.15) is 5.01 Å². The number of anilines is 1. The minimum absolute atomic E-state index is 0.117. The van der Waals surface area contributed by atoms with Crippen molar-refractivity contribution in [1.82, 2.24) is 10.2 Å². The van der Waals surface area contributed by atoms with Crippen LogP contribution in [0.5, 0.6) is 0 Å². The van der Waals surface area contributed by atoms with Crippen molar-refractivity contribution < 1.29 is 4.79 Å². The predicted octanol–water partition coefficient (Wildman–Crippen LogP) is 1.20. The van der Waals surface area contributed by atoms with Gasteiger partial charge in [0.2, 0.25) is 11.0 Å². The molecule has 0 spiro atoms. The Kier molecular flexibility index (Phi) is 3.41. The zero-order chi connectivity index (χ0) is 9.68. The van der Waals surface area contributed by atoms with E-state index in [0.29, 0.717) is 18.0 Å². The molecule has 1 aromatic rings. The van der Waals surface area contributed by atoms with Crippen LogP contribution in [0.2, 0.25) is 0 Å². The lowest BCUT2D eigenvalue weighted by Crippen LogP contribution is -2.10. The number of aromatic nitrogens is 2.